The minimum absolute atomic E-state index is 0. The molecule has 0 radical (unpaired) electrons. The first-order valence-corrected chi connectivity index (χ1v) is 9.29. The maximum absolute atomic E-state index is 11.6. The number of nitrogens with zero attached hydrogens (tertiary/aromatic N) is 2. The van der Waals surface area contributed by atoms with E-state index in [1.165, 1.54) is 18.2 Å². The number of esters is 1. The molecule has 1 aromatic carbocycles. The average Bonchev–Trinajstić information content (AvgIpc) is 2.66. The number of piperidine rings is 1. The zero-order chi connectivity index (χ0) is 18.9. The molecule has 1 aliphatic heterocycles. The van der Waals surface area contributed by atoms with Crippen LogP contribution >= 0.6 is 24.0 Å². The highest BCUT2D eigenvalue weighted by Gasteiger charge is 2.26. The largest absolute Gasteiger partial charge is 0.493 e. The molecule has 27 heavy (non-hydrogen) atoms. The van der Waals surface area contributed by atoms with Crippen molar-refractivity contribution in [1.82, 2.24) is 10.2 Å². The molecule has 0 saturated carbocycles. The molecule has 0 aliphatic carbocycles. The molecule has 0 atom stereocenters. The van der Waals surface area contributed by atoms with E-state index in [0.717, 1.165) is 50.6 Å². The average molecular weight is 489 g/mol. The second-order valence-corrected chi connectivity index (χ2v) is 6.68. The van der Waals surface area contributed by atoms with E-state index < -0.39 is 0 Å². The topological polar surface area (TPSA) is 63.2 Å². The fourth-order valence-electron chi connectivity index (χ4n) is 3.30. The van der Waals surface area contributed by atoms with Crippen molar-refractivity contribution in [3.05, 3.63) is 29.3 Å². The van der Waals surface area contributed by atoms with E-state index in [1.54, 1.807) is 7.05 Å². The summed E-state index contributed by atoms with van der Waals surface area (Å²) in [5.74, 6) is 1.79. The van der Waals surface area contributed by atoms with Crippen molar-refractivity contribution in [2.24, 2.45) is 10.9 Å². The Morgan fingerprint density at radius 1 is 1.26 bits per heavy atom. The molecule has 1 N–H and O–H groups in total. The number of rotatable bonds is 6. The summed E-state index contributed by atoms with van der Waals surface area (Å²) in [4.78, 5) is 18.2. The number of methoxy groups -OCH3 is 1. The summed E-state index contributed by atoms with van der Waals surface area (Å²) in [6.45, 7) is 7.24. The number of ether oxygens (including phenoxy) is 2. The Morgan fingerprint density at radius 3 is 2.44 bits per heavy atom. The van der Waals surface area contributed by atoms with Gasteiger partial charge in [-0.2, -0.15) is 0 Å². The van der Waals surface area contributed by atoms with Crippen molar-refractivity contribution in [2.75, 3.05) is 40.4 Å². The Morgan fingerprint density at radius 2 is 1.89 bits per heavy atom. The van der Waals surface area contributed by atoms with Crippen molar-refractivity contribution in [3.63, 3.8) is 0 Å². The molecule has 6 nitrogen and oxygen atoms in total. The molecule has 0 bridgehead atoms. The number of carbonyl (C=O) groups is 1. The van der Waals surface area contributed by atoms with Crippen LogP contribution in [-0.2, 0) is 9.53 Å². The summed E-state index contributed by atoms with van der Waals surface area (Å²) in [7, 11) is 3.25. The lowest BCUT2D eigenvalue weighted by Gasteiger charge is -2.33. The number of benzene rings is 1. The lowest BCUT2D eigenvalue weighted by atomic mass is 9.97. The quantitative estimate of drug-likeness (QED) is 0.219. The third kappa shape index (κ3) is 6.86. The summed E-state index contributed by atoms with van der Waals surface area (Å²) >= 11 is 0. The van der Waals surface area contributed by atoms with E-state index in [9.17, 15) is 4.79 Å². The van der Waals surface area contributed by atoms with Gasteiger partial charge in [0.25, 0.3) is 0 Å². The van der Waals surface area contributed by atoms with Gasteiger partial charge in [-0.25, -0.2) is 0 Å². The van der Waals surface area contributed by atoms with Gasteiger partial charge in [0.05, 0.1) is 19.6 Å². The van der Waals surface area contributed by atoms with Crippen LogP contribution in [0.3, 0.4) is 0 Å². The third-order valence-electron chi connectivity index (χ3n) is 4.80. The van der Waals surface area contributed by atoms with Gasteiger partial charge in [-0.3, -0.25) is 9.79 Å². The molecular formula is C20H32IN3O3. The predicted molar refractivity (Wildman–Crippen MR) is 119 cm³/mol. The molecule has 0 amide bonds. The second kappa shape index (κ2) is 12.0. The number of carbonyl (C=O) groups excluding carboxylic acids is 1. The van der Waals surface area contributed by atoms with Crippen LogP contribution in [0.2, 0.25) is 0 Å². The van der Waals surface area contributed by atoms with Crippen molar-refractivity contribution >= 4 is 35.9 Å². The molecule has 1 aromatic rings. The highest BCUT2D eigenvalue weighted by molar-refractivity contribution is 14.0. The van der Waals surface area contributed by atoms with Gasteiger partial charge in [0.2, 0.25) is 0 Å². The fraction of sp³-hybridized carbons (Fsp3) is 0.600. The number of halogens is 1. The molecule has 1 aliphatic rings. The first kappa shape index (κ1) is 23.5. The van der Waals surface area contributed by atoms with Crippen LogP contribution in [0.5, 0.6) is 5.75 Å². The molecule has 2 rings (SSSR count). The number of nitrogens with one attached hydrogen (secondary N) is 1. The maximum Gasteiger partial charge on any atom is 0.308 e. The smallest absolute Gasteiger partial charge is 0.308 e. The summed E-state index contributed by atoms with van der Waals surface area (Å²) in [6.07, 6.45) is 2.51. The van der Waals surface area contributed by atoms with E-state index in [0.29, 0.717) is 6.61 Å². The highest BCUT2D eigenvalue weighted by Crippen LogP contribution is 2.22. The van der Waals surface area contributed by atoms with Crippen LogP contribution < -0.4 is 10.1 Å². The Labute approximate surface area is 179 Å². The number of aliphatic imine (C=N–C) groups is 1. The fourth-order valence-corrected chi connectivity index (χ4v) is 3.30. The van der Waals surface area contributed by atoms with Gasteiger partial charge in [-0.05, 0) is 44.2 Å². The zero-order valence-electron chi connectivity index (χ0n) is 16.8. The van der Waals surface area contributed by atoms with Crippen molar-refractivity contribution in [1.29, 1.82) is 0 Å². The van der Waals surface area contributed by atoms with Crippen molar-refractivity contribution in [2.45, 2.75) is 33.1 Å². The minimum atomic E-state index is -0.101. The van der Waals surface area contributed by atoms with E-state index in [2.05, 4.69) is 41.2 Å². The van der Waals surface area contributed by atoms with Gasteiger partial charge in [-0.15, -0.1) is 24.0 Å². The van der Waals surface area contributed by atoms with Gasteiger partial charge >= 0.3 is 5.97 Å². The van der Waals surface area contributed by atoms with Gasteiger partial charge in [0, 0.05) is 26.7 Å². The van der Waals surface area contributed by atoms with Crippen LogP contribution in [0, 0.1) is 19.8 Å². The molecule has 1 heterocycles. The van der Waals surface area contributed by atoms with Crippen LogP contribution in [-0.4, -0.2) is 57.2 Å². The molecule has 7 heteroatoms. The predicted octanol–water partition coefficient (Wildman–Crippen LogP) is 3.15. The molecule has 0 unspecified atom stereocenters. The Bertz CT molecular complexity index is 609. The number of para-hydroxylation sites is 1. The number of likely N-dealkylation sites (tertiary alicyclic amines) is 1. The first-order chi connectivity index (χ1) is 12.6. The summed E-state index contributed by atoms with van der Waals surface area (Å²) in [6, 6.07) is 6.19. The molecule has 0 aromatic heterocycles. The van der Waals surface area contributed by atoms with Crippen LogP contribution in [0.1, 0.15) is 30.4 Å². The number of aryl methyl sites for hydroxylation is 2. The van der Waals surface area contributed by atoms with E-state index in [1.807, 2.05) is 6.07 Å². The van der Waals surface area contributed by atoms with Gasteiger partial charge < -0.3 is 19.7 Å². The summed E-state index contributed by atoms with van der Waals surface area (Å²) < 4.78 is 10.8. The van der Waals surface area contributed by atoms with Crippen LogP contribution in [0.25, 0.3) is 0 Å². The Kier molecular flexibility index (Phi) is 10.5. The number of hydrogen-bond donors (Lipinski definition) is 1. The second-order valence-electron chi connectivity index (χ2n) is 6.68. The zero-order valence-corrected chi connectivity index (χ0v) is 19.1. The molecule has 152 valence electrons. The van der Waals surface area contributed by atoms with Gasteiger partial charge in [-0.1, -0.05) is 18.2 Å². The number of guanidine groups is 1. The monoisotopic (exact) mass is 489 g/mol. The SMILES string of the molecule is CN=C(NCCCOc1c(C)cccc1C)N1CCC(C(=O)OC)CC1.I. The Hall–Kier alpha value is -1.51. The normalized spacial score (nSPS) is 15.1. The van der Waals surface area contributed by atoms with Crippen molar-refractivity contribution in [3.8, 4) is 5.75 Å². The molecular weight excluding hydrogens is 457 g/mol. The lowest BCUT2D eigenvalue weighted by Crippen LogP contribution is -2.47. The van der Waals surface area contributed by atoms with Gasteiger partial charge in [0.1, 0.15) is 5.75 Å². The van der Waals surface area contributed by atoms with Gasteiger partial charge in [0.15, 0.2) is 5.96 Å². The van der Waals surface area contributed by atoms with Crippen molar-refractivity contribution < 1.29 is 14.3 Å². The van der Waals surface area contributed by atoms with E-state index >= 15 is 0 Å². The standard InChI is InChI=1S/C20H31N3O3.HI/c1-15-7-5-8-16(2)18(15)26-14-6-11-22-20(21-3)23-12-9-17(10-13-23)19(24)25-4;/h5,7-8,17H,6,9-14H2,1-4H3,(H,21,22);1H. The van der Waals surface area contributed by atoms with Crippen LogP contribution in [0.15, 0.2) is 23.2 Å². The van der Waals surface area contributed by atoms with E-state index in [4.69, 9.17) is 9.47 Å². The molecule has 1 fully saturated rings. The Balaban J connectivity index is 0.00000364. The maximum atomic E-state index is 11.6. The summed E-state index contributed by atoms with van der Waals surface area (Å²) in [5, 5.41) is 3.39. The highest BCUT2D eigenvalue weighted by atomic mass is 127. The molecule has 1 saturated heterocycles. The van der Waals surface area contributed by atoms with E-state index in [-0.39, 0.29) is 35.9 Å². The van der Waals surface area contributed by atoms with Crippen LogP contribution in [0.4, 0.5) is 0 Å². The summed E-state index contributed by atoms with van der Waals surface area (Å²) in [5.41, 5.74) is 2.34. The number of hydrogen-bond acceptors (Lipinski definition) is 4. The third-order valence-corrected chi connectivity index (χ3v) is 4.80. The minimum Gasteiger partial charge on any atom is -0.493 e. The first-order valence-electron chi connectivity index (χ1n) is 9.29. The lowest BCUT2D eigenvalue weighted by molar-refractivity contribution is -0.146. The molecule has 0 spiro atoms.